The molecule has 6 heteroatoms. The van der Waals surface area contributed by atoms with E-state index in [0.717, 1.165) is 36.5 Å². The van der Waals surface area contributed by atoms with Crippen LogP contribution < -0.4 is 11.1 Å². The van der Waals surface area contributed by atoms with Crippen LogP contribution in [0.2, 0.25) is 0 Å². The highest BCUT2D eigenvalue weighted by Gasteiger charge is 2.27. The molecule has 0 radical (unpaired) electrons. The van der Waals surface area contributed by atoms with Crippen molar-refractivity contribution in [1.82, 2.24) is 14.7 Å². The number of anilines is 1. The number of likely N-dealkylation sites (tertiary alicyclic amines) is 1. The third-order valence-electron chi connectivity index (χ3n) is 4.39. The second-order valence-electron chi connectivity index (χ2n) is 6.11. The highest BCUT2D eigenvalue weighted by molar-refractivity contribution is 5.93. The standard InChI is InChI=1S/C15H27N5O/c1-10(16)13-7-5-6-8-20(13)9-14(21)17-15-11(2)18-19(4)12(15)3/h10,13H,5-9,16H2,1-4H3,(H,17,21). The van der Waals surface area contributed by atoms with Crippen LogP contribution in [0.5, 0.6) is 0 Å². The lowest BCUT2D eigenvalue weighted by atomic mass is 9.97. The van der Waals surface area contributed by atoms with Crippen molar-refractivity contribution in [2.45, 2.75) is 52.1 Å². The summed E-state index contributed by atoms with van der Waals surface area (Å²) in [6.07, 6.45) is 3.42. The number of amides is 1. The minimum Gasteiger partial charge on any atom is -0.327 e. The van der Waals surface area contributed by atoms with Gasteiger partial charge >= 0.3 is 0 Å². The average molecular weight is 293 g/mol. The number of carbonyl (C=O) groups excluding carboxylic acids is 1. The molecule has 118 valence electrons. The van der Waals surface area contributed by atoms with Gasteiger partial charge in [-0.15, -0.1) is 0 Å². The lowest BCUT2D eigenvalue weighted by Crippen LogP contribution is -2.51. The van der Waals surface area contributed by atoms with E-state index in [1.54, 1.807) is 4.68 Å². The van der Waals surface area contributed by atoms with Gasteiger partial charge < -0.3 is 11.1 Å². The molecule has 1 aromatic heterocycles. The predicted molar refractivity (Wildman–Crippen MR) is 84.2 cm³/mol. The second kappa shape index (κ2) is 6.58. The van der Waals surface area contributed by atoms with Crippen molar-refractivity contribution in [2.24, 2.45) is 12.8 Å². The van der Waals surface area contributed by atoms with E-state index >= 15 is 0 Å². The highest BCUT2D eigenvalue weighted by atomic mass is 16.2. The van der Waals surface area contributed by atoms with Gasteiger partial charge in [-0.05, 0) is 40.2 Å². The Morgan fingerprint density at radius 1 is 1.48 bits per heavy atom. The lowest BCUT2D eigenvalue weighted by Gasteiger charge is -2.37. The number of carbonyl (C=O) groups is 1. The van der Waals surface area contributed by atoms with E-state index in [1.807, 2.05) is 27.8 Å². The van der Waals surface area contributed by atoms with Crippen molar-refractivity contribution < 1.29 is 4.79 Å². The summed E-state index contributed by atoms with van der Waals surface area (Å²) in [5.41, 5.74) is 8.71. The number of hydrogen-bond donors (Lipinski definition) is 2. The Bertz CT molecular complexity index is 508. The van der Waals surface area contributed by atoms with Gasteiger partial charge in [0.25, 0.3) is 0 Å². The van der Waals surface area contributed by atoms with Gasteiger partial charge in [0.15, 0.2) is 0 Å². The van der Waals surface area contributed by atoms with Crippen molar-refractivity contribution in [3.63, 3.8) is 0 Å². The normalized spacial score (nSPS) is 21.3. The molecule has 3 N–H and O–H groups in total. The van der Waals surface area contributed by atoms with Gasteiger partial charge in [-0.2, -0.15) is 5.10 Å². The zero-order chi connectivity index (χ0) is 15.6. The molecule has 6 nitrogen and oxygen atoms in total. The molecule has 1 aliphatic heterocycles. The molecule has 21 heavy (non-hydrogen) atoms. The summed E-state index contributed by atoms with van der Waals surface area (Å²) in [5.74, 6) is 0.0155. The summed E-state index contributed by atoms with van der Waals surface area (Å²) in [7, 11) is 1.88. The Kier molecular flexibility index (Phi) is 5.00. The van der Waals surface area contributed by atoms with E-state index in [9.17, 15) is 4.79 Å². The van der Waals surface area contributed by atoms with Crippen molar-refractivity contribution in [3.8, 4) is 0 Å². The van der Waals surface area contributed by atoms with Gasteiger partial charge in [-0.25, -0.2) is 0 Å². The fraction of sp³-hybridized carbons (Fsp3) is 0.733. The molecule has 2 unspecified atom stereocenters. The lowest BCUT2D eigenvalue weighted by molar-refractivity contribution is -0.118. The molecular weight excluding hydrogens is 266 g/mol. The third-order valence-corrected chi connectivity index (χ3v) is 4.39. The van der Waals surface area contributed by atoms with Crippen LogP contribution in [-0.2, 0) is 11.8 Å². The van der Waals surface area contributed by atoms with Gasteiger partial charge in [-0.3, -0.25) is 14.4 Å². The maximum Gasteiger partial charge on any atom is 0.238 e. The van der Waals surface area contributed by atoms with E-state index in [1.165, 1.54) is 6.42 Å². The van der Waals surface area contributed by atoms with E-state index in [2.05, 4.69) is 15.3 Å². The van der Waals surface area contributed by atoms with Crippen LogP contribution in [0, 0.1) is 13.8 Å². The molecule has 0 bridgehead atoms. The average Bonchev–Trinajstić information content (AvgIpc) is 2.66. The molecule has 1 aliphatic rings. The SMILES string of the molecule is Cc1nn(C)c(C)c1NC(=O)CN1CCCCC1C(C)N. The van der Waals surface area contributed by atoms with E-state index in [0.29, 0.717) is 12.6 Å². The van der Waals surface area contributed by atoms with Crippen LogP contribution in [0.15, 0.2) is 0 Å². The van der Waals surface area contributed by atoms with Crippen molar-refractivity contribution in [2.75, 3.05) is 18.4 Å². The van der Waals surface area contributed by atoms with Crippen LogP contribution in [0.1, 0.15) is 37.6 Å². The van der Waals surface area contributed by atoms with Crippen molar-refractivity contribution >= 4 is 11.6 Å². The van der Waals surface area contributed by atoms with Crippen molar-refractivity contribution in [3.05, 3.63) is 11.4 Å². The van der Waals surface area contributed by atoms with E-state index < -0.39 is 0 Å². The quantitative estimate of drug-likeness (QED) is 0.874. The minimum atomic E-state index is 0.0155. The Balaban J connectivity index is 2.00. The molecule has 0 saturated carbocycles. The first-order valence-electron chi connectivity index (χ1n) is 7.70. The monoisotopic (exact) mass is 293 g/mol. The zero-order valence-corrected chi connectivity index (χ0v) is 13.5. The number of nitrogens with two attached hydrogens (primary N) is 1. The Morgan fingerprint density at radius 2 is 2.19 bits per heavy atom. The number of rotatable bonds is 4. The fourth-order valence-electron chi connectivity index (χ4n) is 3.13. The van der Waals surface area contributed by atoms with Gasteiger partial charge in [0.1, 0.15) is 0 Å². The number of piperidine rings is 1. The Morgan fingerprint density at radius 3 is 2.76 bits per heavy atom. The van der Waals surface area contributed by atoms with Crippen LogP contribution in [0.3, 0.4) is 0 Å². The number of nitrogens with zero attached hydrogens (tertiary/aromatic N) is 3. The van der Waals surface area contributed by atoms with E-state index in [4.69, 9.17) is 5.73 Å². The van der Waals surface area contributed by atoms with Gasteiger partial charge in [0.2, 0.25) is 5.91 Å². The van der Waals surface area contributed by atoms with Gasteiger partial charge in [-0.1, -0.05) is 6.42 Å². The molecular formula is C15H27N5O. The summed E-state index contributed by atoms with van der Waals surface area (Å²) >= 11 is 0. The third kappa shape index (κ3) is 3.63. The Hall–Kier alpha value is -1.40. The number of aromatic nitrogens is 2. The molecule has 1 amide bonds. The van der Waals surface area contributed by atoms with Crippen molar-refractivity contribution in [1.29, 1.82) is 0 Å². The molecule has 2 heterocycles. The molecule has 1 saturated heterocycles. The number of hydrogen-bond acceptors (Lipinski definition) is 4. The second-order valence-corrected chi connectivity index (χ2v) is 6.11. The largest absolute Gasteiger partial charge is 0.327 e. The molecule has 0 aromatic carbocycles. The number of nitrogens with one attached hydrogen (secondary N) is 1. The zero-order valence-electron chi connectivity index (χ0n) is 13.5. The van der Waals surface area contributed by atoms with Crippen LogP contribution in [0.25, 0.3) is 0 Å². The fourth-order valence-corrected chi connectivity index (χ4v) is 3.13. The van der Waals surface area contributed by atoms with Gasteiger partial charge in [0, 0.05) is 19.1 Å². The summed E-state index contributed by atoms with van der Waals surface area (Å²) in [6, 6.07) is 0.403. The maximum atomic E-state index is 12.3. The van der Waals surface area contributed by atoms with Crippen LogP contribution >= 0.6 is 0 Å². The topological polar surface area (TPSA) is 76.2 Å². The molecule has 0 spiro atoms. The molecule has 2 atom stereocenters. The smallest absolute Gasteiger partial charge is 0.238 e. The summed E-state index contributed by atoms with van der Waals surface area (Å²) in [6.45, 7) is 7.25. The first-order valence-corrected chi connectivity index (χ1v) is 7.70. The molecule has 1 fully saturated rings. The van der Waals surface area contributed by atoms with Gasteiger partial charge in [0.05, 0.1) is 23.6 Å². The molecule has 2 rings (SSSR count). The summed E-state index contributed by atoms with van der Waals surface area (Å²) < 4.78 is 1.79. The first kappa shape index (κ1) is 16.0. The molecule has 1 aromatic rings. The first-order chi connectivity index (χ1) is 9.90. The number of aryl methyl sites for hydroxylation is 2. The maximum absolute atomic E-state index is 12.3. The highest BCUT2D eigenvalue weighted by Crippen LogP contribution is 2.21. The van der Waals surface area contributed by atoms with Crippen LogP contribution in [-0.4, -0.2) is 45.8 Å². The van der Waals surface area contributed by atoms with Crippen LogP contribution in [0.4, 0.5) is 5.69 Å². The minimum absolute atomic E-state index is 0.0155. The summed E-state index contributed by atoms with van der Waals surface area (Å²) in [5, 5.41) is 7.32. The summed E-state index contributed by atoms with van der Waals surface area (Å²) in [4.78, 5) is 14.5. The Labute approximate surface area is 126 Å². The predicted octanol–water partition coefficient (Wildman–Crippen LogP) is 1.18. The van der Waals surface area contributed by atoms with E-state index in [-0.39, 0.29) is 11.9 Å². The molecule has 0 aliphatic carbocycles.